The average Bonchev–Trinajstić information content (AvgIpc) is 3.07. The quantitative estimate of drug-likeness (QED) is 0.887. The van der Waals surface area contributed by atoms with Crippen molar-refractivity contribution in [1.82, 2.24) is 19.3 Å². The number of nitrogens with zero attached hydrogens (tertiary/aromatic N) is 3. The third-order valence-corrected chi connectivity index (χ3v) is 4.83. The molecule has 0 spiro atoms. The zero-order valence-corrected chi connectivity index (χ0v) is 12.9. The molecule has 1 saturated carbocycles. The molecule has 0 amide bonds. The fraction of sp³-hybridized carbons (Fsp3) is 0.533. The number of aryl methyl sites for hydroxylation is 1. The molecule has 110 valence electrons. The second-order valence-electron chi connectivity index (χ2n) is 5.89. The van der Waals surface area contributed by atoms with Gasteiger partial charge in [0.15, 0.2) is 10.6 Å². The zero-order valence-electron chi connectivity index (χ0n) is 12.1. The lowest BCUT2D eigenvalue weighted by Crippen LogP contribution is -2.25. The van der Waals surface area contributed by atoms with Gasteiger partial charge >= 0.3 is 0 Å². The molecule has 2 aromatic rings. The van der Waals surface area contributed by atoms with Crippen LogP contribution < -0.4 is 5.56 Å². The largest absolute Gasteiger partial charge is 0.309 e. The molecule has 0 aromatic carbocycles. The number of hydrogen-bond acceptors (Lipinski definition) is 3. The molecule has 0 saturated heterocycles. The summed E-state index contributed by atoms with van der Waals surface area (Å²) < 4.78 is 4.51. The summed E-state index contributed by atoms with van der Waals surface area (Å²) in [7, 11) is 0. The van der Waals surface area contributed by atoms with Crippen LogP contribution in [-0.4, -0.2) is 19.3 Å². The number of fused-ring (bicyclic) bond motifs is 1. The van der Waals surface area contributed by atoms with Crippen molar-refractivity contribution in [3.8, 4) is 11.4 Å². The molecule has 2 aromatic heterocycles. The molecule has 1 N–H and O–H groups in total. The molecule has 6 heteroatoms. The van der Waals surface area contributed by atoms with Crippen LogP contribution in [0.1, 0.15) is 43.5 Å². The first-order chi connectivity index (χ1) is 10.2. The molecule has 0 atom stereocenters. The fourth-order valence-corrected chi connectivity index (χ4v) is 3.63. The predicted octanol–water partition coefficient (Wildman–Crippen LogP) is 2.61. The Kier molecular flexibility index (Phi) is 2.89. The molecule has 2 heterocycles. The topological polar surface area (TPSA) is 55.6 Å². The minimum Gasteiger partial charge on any atom is -0.309 e. The van der Waals surface area contributed by atoms with E-state index >= 15 is 0 Å². The third-order valence-electron chi connectivity index (χ3n) is 4.52. The van der Waals surface area contributed by atoms with Gasteiger partial charge in [-0.25, -0.2) is 0 Å². The molecule has 0 aliphatic heterocycles. The van der Waals surface area contributed by atoms with Crippen molar-refractivity contribution in [2.75, 3.05) is 0 Å². The normalized spacial score (nSPS) is 17.2. The van der Waals surface area contributed by atoms with Crippen molar-refractivity contribution in [3.05, 3.63) is 32.4 Å². The van der Waals surface area contributed by atoms with Gasteiger partial charge in [0.1, 0.15) is 0 Å². The van der Waals surface area contributed by atoms with Gasteiger partial charge in [-0.05, 0) is 62.9 Å². The lowest BCUT2D eigenvalue weighted by Gasteiger charge is -2.14. The molecule has 2 aliphatic rings. The van der Waals surface area contributed by atoms with Gasteiger partial charge in [0.25, 0.3) is 5.56 Å². The number of hydrogen-bond donors (Lipinski definition) is 1. The SMILES string of the molecule is CCn1c(-c2cc3c(n(C4CC4)c2=O)CCC3)n[nH]c1=S. The summed E-state index contributed by atoms with van der Waals surface area (Å²) in [5, 5.41) is 7.11. The average molecular weight is 302 g/mol. The van der Waals surface area contributed by atoms with E-state index in [-0.39, 0.29) is 5.56 Å². The van der Waals surface area contributed by atoms with Crippen LogP contribution in [0.3, 0.4) is 0 Å². The van der Waals surface area contributed by atoms with Gasteiger partial charge in [-0.2, -0.15) is 5.10 Å². The first-order valence-electron chi connectivity index (χ1n) is 7.63. The Morgan fingerprint density at radius 1 is 1.43 bits per heavy atom. The van der Waals surface area contributed by atoms with E-state index in [0.717, 1.165) is 32.1 Å². The maximum absolute atomic E-state index is 12.9. The molecule has 0 bridgehead atoms. The highest BCUT2D eigenvalue weighted by atomic mass is 32.1. The molecule has 2 aliphatic carbocycles. The molecule has 4 rings (SSSR count). The second-order valence-corrected chi connectivity index (χ2v) is 6.27. The molecule has 0 radical (unpaired) electrons. The van der Waals surface area contributed by atoms with Crippen molar-refractivity contribution >= 4 is 12.2 Å². The van der Waals surface area contributed by atoms with E-state index in [1.165, 1.54) is 11.3 Å². The minimum absolute atomic E-state index is 0.0989. The van der Waals surface area contributed by atoms with Crippen LogP contribution in [-0.2, 0) is 19.4 Å². The first-order valence-corrected chi connectivity index (χ1v) is 8.04. The van der Waals surface area contributed by atoms with Crippen LogP contribution in [0, 0.1) is 4.77 Å². The van der Waals surface area contributed by atoms with Gasteiger partial charge < -0.3 is 9.13 Å². The fourth-order valence-electron chi connectivity index (χ4n) is 3.37. The Morgan fingerprint density at radius 2 is 2.24 bits per heavy atom. The number of aromatic amines is 1. The van der Waals surface area contributed by atoms with Crippen LogP contribution in [0.25, 0.3) is 11.4 Å². The number of pyridine rings is 1. The molecule has 5 nitrogen and oxygen atoms in total. The van der Waals surface area contributed by atoms with Crippen molar-refractivity contribution in [2.24, 2.45) is 0 Å². The van der Waals surface area contributed by atoms with Crippen molar-refractivity contribution in [2.45, 2.75) is 51.6 Å². The van der Waals surface area contributed by atoms with Gasteiger partial charge in [0.2, 0.25) is 0 Å². The van der Waals surface area contributed by atoms with Crippen LogP contribution in [0.2, 0.25) is 0 Å². The summed E-state index contributed by atoms with van der Waals surface area (Å²) >= 11 is 5.25. The lowest BCUT2D eigenvalue weighted by atomic mass is 10.1. The molecular formula is C15H18N4OS. The summed E-state index contributed by atoms with van der Waals surface area (Å²) in [4.78, 5) is 12.9. The Morgan fingerprint density at radius 3 is 2.95 bits per heavy atom. The lowest BCUT2D eigenvalue weighted by molar-refractivity contribution is 0.663. The van der Waals surface area contributed by atoms with Crippen molar-refractivity contribution < 1.29 is 0 Å². The van der Waals surface area contributed by atoms with Crippen LogP contribution in [0.5, 0.6) is 0 Å². The molecule has 1 fully saturated rings. The number of nitrogens with one attached hydrogen (secondary N) is 1. The number of aromatic nitrogens is 4. The number of H-pyrrole nitrogens is 1. The molecule has 0 unspecified atom stereocenters. The Balaban J connectivity index is 2.00. The Bertz CT molecular complexity index is 825. The van der Waals surface area contributed by atoms with Gasteiger partial charge in [-0.1, -0.05) is 0 Å². The highest BCUT2D eigenvalue weighted by Crippen LogP contribution is 2.37. The van der Waals surface area contributed by atoms with E-state index < -0.39 is 0 Å². The minimum atomic E-state index is 0.0989. The smallest absolute Gasteiger partial charge is 0.262 e. The molecular weight excluding hydrogens is 284 g/mol. The zero-order chi connectivity index (χ0) is 14.6. The first kappa shape index (κ1) is 13.0. The third kappa shape index (κ3) is 1.92. The summed E-state index contributed by atoms with van der Waals surface area (Å²) in [6.45, 7) is 2.73. The maximum Gasteiger partial charge on any atom is 0.262 e. The standard InChI is InChI=1S/C15H18N4OS/c1-2-18-13(16-17-15(18)21)11-8-9-4-3-5-12(9)19(14(11)20)10-6-7-10/h8,10H,2-7H2,1H3,(H,17,21). The molecule has 21 heavy (non-hydrogen) atoms. The number of rotatable bonds is 3. The van der Waals surface area contributed by atoms with Gasteiger partial charge in [0.05, 0.1) is 5.56 Å². The Hall–Kier alpha value is -1.69. The Labute approximate surface area is 127 Å². The highest BCUT2D eigenvalue weighted by Gasteiger charge is 2.31. The summed E-state index contributed by atoms with van der Waals surface area (Å²) in [5.74, 6) is 0.677. The highest BCUT2D eigenvalue weighted by molar-refractivity contribution is 7.71. The van der Waals surface area contributed by atoms with Crippen LogP contribution in [0.4, 0.5) is 0 Å². The van der Waals surface area contributed by atoms with E-state index in [1.54, 1.807) is 0 Å². The van der Waals surface area contributed by atoms with Gasteiger partial charge in [0, 0.05) is 18.3 Å². The summed E-state index contributed by atoms with van der Waals surface area (Å²) in [6.07, 6.45) is 5.48. The van der Waals surface area contributed by atoms with E-state index in [2.05, 4.69) is 10.2 Å². The maximum atomic E-state index is 12.9. The summed E-state index contributed by atoms with van der Waals surface area (Å²) in [5.41, 5.74) is 3.36. The van der Waals surface area contributed by atoms with E-state index in [4.69, 9.17) is 12.2 Å². The van der Waals surface area contributed by atoms with Crippen LogP contribution in [0.15, 0.2) is 10.9 Å². The van der Waals surface area contributed by atoms with E-state index in [9.17, 15) is 4.79 Å². The summed E-state index contributed by atoms with van der Waals surface area (Å²) in [6, 6.07) is 2.45. The van der Waals surface area contributed by atoms with Gasteiger partial charge in [-0.15, -0.1) is 0 Å². The van der Waals surface area contributed by atoms with E-state index in [0.29, 0.717) is 28.7 Å². The van der Waals surface area contributed by atoms with Crippen molar-refractivity contribution in [3.63, 3.8) is 0 Å². The van der Waals surface area contributed by atoms with Crippen molar-refractivity contribution in [1.29, 1.82) is 0 Å². The van der Waals surface area contributed by atoms with E-state index in [1.807, 2.05) is 22.1 Å². The van der Waals surface area contributed by atoms with Crippen LogP contribution >= 0.6 is 12.2 Å². The monoisotopic (exact) mass is 302 g/mol. The second kappa shape index (κ2) is 4.66. The predicted molar refractivity (Wildman–Crippen MR) is 83.1 cm³/mol. The van der Waals surface area contributed by atoms with Gasteiger partial charge in [-0.3, -0.25) is 9.89 Å².